The van der Waals surface area contributed by atoms with Gasteiger partial charge >= 0.3 is 0 Å². The second-order valence-electron chi connectivity index (χ2n) is 7.35. The first-order valence-corrected chi connectivity index (χ1v) is 9.11. The van der Waals surface area contributed by atoms with E-state index in [9.17, 15) is 46.0 Å². The van der Waals surface area contributed by atoms with Crippen molar-refractivity contribution >= 4 is 0 Å². The lowest BCUT2D eigenvalue weighted by molar-refractivity contribution is 0.362. The van der Waals surface area contributed by atoms with Crippen LogP contribution in [0.25, 0.3) is 0 Å². The zero-order chi connectivity index (χ0) is 23.4. The Morgan fingerprint density at radius 1 is 0.419 bits per heavy atom. The summed E-state index contributed by atoms with van der Waals surface area (Å²) in [5, 5.41) is 90.7. The summed E-state index contributed by atoms with van der Waals surface area (Å²) in [6.07, 6.45) is 0. The highest BCUT2D eigenvalue weighted by Crippen LogP contribution is 2.51. The highest BCUT2D eigenvalue weighted by atomic mass is 16.3. The van der Waals surface area contributed by atoms with Crippen LogP contribution < -0.4 is 0 Å². The molecule has 0 amide bonds. The average molecular weight is 430 g/mol. The molecule has 3 rings (SSSR count). The molecule has 3 aromatic carbocycles. The molecule has 164 valence electrons. The van der Waals surface area contributed by atoms with Crippen LogP contribution in [0.3, 0.4) is 0 Å². The Balaban J connectivity index is 2.50. The molecule has 9 N–H and O–H groups in total. The number of phenolic OH excluding ortho intramolecular Hbond substituents is 9. The first-order valence-electron chi connectivity index (χ1n) is 9.11. The maximum Gasteiger partial charge on any atom is 0.200 e. The van der Waals surface area contributed by atoms with Gasteiger partial charge in [0.05, 0.1) is 0 Å². The molecule has 0 saturated heterocycles. The summed E-state index contributed by atoms with van der Waals surface area (Å²) in [4.78, 5) is 0. The summed E-state index contributed by atoms with van der Waals surface area (Å²) < 4.78 is 0. The van der Waals surface area contributed by atoms with Crippen molar-refractivity contribution in [3.05, 3.63) is 51.6 Å². The third-order valence-electron chi connectivity index (χ3n) is 5.58. The topological polar surface area (TPSA) is 182 Å². The summed E-state index contributed by atoms with van der Waals surface area (Å²) in [5.41, 5.74) is 0.934. The van der Waals surface area contributed by atoms with Gasteiger partial charge in [-0.05, 0) is 72.4 Å². The Kier molecular flexibility index (Phi) is 5.06. The number of phenols is 9. The minimum absolute atomic E-state index is 0.123. The van der Waals surface area contributed by atoms with Crippen molar-refractivity contribution in [3.63, 3.8) is 0 Å². The van der Waals surface area contributed by atoms with E-state index in [2.05, 4.69) is 0 Å². The first kappa shape index (κ1) is 21.6. The van der Waals surface area contributed by atoms with Crippen molar-refractivity contribution in [1.29, 1.82) is 0 Å². The zero-order valence-corrected chi connectivity index (χ0v) is 16.8. The zero-order valence-electron chi connectivity index (χ0n) is 16.8. The van der Waals surface area contributed by atoms with E-state index in [0.717, 1.165) is 18.2 Å². The number of rotatable bonds is 3. The SMILES string of the molecule is Cc1c(C(c2cc(O)c(O)c(O)c2C)c2cc(O)c(O)c(O)c2C)cc(O)c(O)c1O. The predicted octanol–water partition coefficient (Wildman–Crippen LogP) is 3.14. The van der Waals surface area contributed by atoms with Gasteiger partial charge in [-0.15, -0.1) is 0 Å². The van der Waals surface area contributed by atoms with Crippen LogP contribution in [-0.2, 0) is 0 Å². The van der Waals surface area contributed by atoms with E-state index < -0.39 is 57.7 Å². The average Bonchev–Trinajstić information content (AvgIpc) is 2.74. The number of hydrogen-bond donors (Lipinski definition) is 9. The van der Waals surface area contributed by atoms with Crippen LogP contribution in [0.15, 0.2) is 18.2 Å². The Morgan fingerprint density at radius 3 is 0.871 bits per heavy atom. The van der Waals surface area contributed by atoms with Crippen molar-refractivity contribution in [3.8, 4) is 51.7 Å². The molecule has 9 nitrogen and oxygen atoms in total. The normalized spacial score (nSPS) is 11.2. The smallest absolute Gasteiger partial charge is 0.200 e. The van der Waals surface area contributed by atoms with Crippen molar-refractivity contribution in [2.75, 3.05) is 0 Å². The maximum absolute atomic E-state index is 10.3. The lowest BCUT2D eigenvalue weighted by Gasteiger charge is -2.26. The fraction of sp³-hybridized carbons (Fsp3) is 0.182. The summed E-state index contributed by atoms with van der Waals surface area (Å²) in [6.45, 7) is 4.34. The maximum atomic E-state index is 10.3. The molecule has 9 heteroatoms. The van der Waals surface area contributed by atoms with Crippen molar-refractivity contribution in [2.24, 2.45) is 0 Å². The fourth-order valence-corrected chi connectivity index (χ4v) is 3.68. The van der Waals surface area contributed by atoms with Gasteiger partial charge in [-0.3, -0.25) is 0 Å². The molecule has 0 bridgehead atoms. The summed E-state index contributed by atoms with van der Waals surface area (Å²) in [7, 11) is 0. The van der Waals surface area contributed by atoms with Crippen molar-refractivity contribution < 1.29 is 46.0 Å². The molecule has 0 radical (unpaired) electrons. The number of aromatic hydroxyl groups is 9. The van der Waals surface area contributed by atoms with Gasteiger partial charge in [-0.2, -0.15) is 0 Å². The van der Waals surface area contributed by atoms with Gasteiger partial charge in [-0.1, -0.05) is 0 Å². The van der Waals surface area contributed by atoms with E-state index in [4.69, 9.17) is 0 Å². The van der Waals surface area contributed by atoms with Crippen LogP contribution in [0, 0.1) is 20.8 Å². The molecular formula is C22H22O9. The van der Waals surface area contributed by atoms with Gasteiger partial charge in [0.1, 0.15) is 0 Å². The molecule has 0 aliphatic heterocycles. The van der Waals surface area contributed by atoms with Crippen LogP contribution in [0.4, 0.5) is 0 Å². The van der Waals surface area contributed by atoms with Gasteiger partial charge in [0.2, 0.25) is 17.2 Å². The van der Waals surface area contributed by atoms with E-state index >= 15 is 0 Å². The van der Waals surface area contributed by atoms with Crippen LogP contribution in [-0.4, -0.2) is 46.0 Å². The minimum Gasteiger partial charge on any atom is -0.504 e. The van der Waals surface area contributed by atoms with E-state index in [1.807, 2.05) is 0 Å². The quantitative estimate of drug-likeness (QED) is 0.223. The fourth-order valence-electron chi connectivity index (χ4n) is 3.68. The van der Waals surface area contributed by atoms with Gasteiger partial charge in [0.15, 0.2) is 34.5 Å². The molecule has 3 aromatic rings. The second-order valence-corrected chi connectivity index (χ2v) is 7.35. The molecule has 0 saturated carbocycles. The Morgan fingerprint density at radius 2 is 0.645 bits per heavy atom. The van der Waals surface area contributed by atoms with Crippen molar-refractivity contribution in [2.45, 2.75) is 26.7 Å². The van der Waals surface area contributed by atoms with Crippen molar-refractivity contribution in [1.82, 2.24) is 0 Å². The summed E-state index contributed by atoms with van der Waals surface area (Å²) >= 11 is 0. The van der Waals surface area contributed by atoms with E-state index in [0.29, 0.717) is 0 Å². The highest BCUT2D eigenvalue weighted by molar-refractivity contribution is 5.67. The minimum atomic E-state index is -1.05. The van der Waals surface area contributed by atoms with E-state index in [1.165, 1.54) is 20.8 Å². The Bertz CT molecular complexity index is 1060. The molecular weight excluding hydrogens is 408 g/mol. The van der Waals surface area contributed by atoms with Gasteiger partial charge in [0, 0.05) is 5.92 Å². The Hall–Kier alpha value is -4.14. The van der Waals surface area contributed by atoms with Crippen LogP contribution in [0.1, 0.15) is 39.3 Å². The number of hydrogen-bond acceptors (Lipinski definition) is 9. The van der Waals surface area contributed by atoms with Gasteiger partial charge in [0.25, 0.3) is 0 Å². The molecule has 0 fully saturated rings. The van der Waals surface area contributed by atoms with E-state index in [-0.39, 0.29) is 33.4 Å². The molecule has 0 aliphatic rings. The molecule has 0 atom stereocenters. The second kappa shape index (κ2) is 7.28. The largest absolute Gasteiger partial charge is 0.504 e. The highest BCUT2D eigenvalue weighted by Gasteiger charge is 2.30. The van der Waals surface area contributed by atoms with Gasteiger partial charge in [-0.25, -0.2) is 0 Å². The standard InChI is InChI=1S/C22H22O9/c1-7-10(4-13(23)20(29)17(7)26)16(11-5-14(24)21(30)18(27)8(11)2)12-6-15(25)22(31)19(28)9(12)3/h4-6,16,23-31H,1-3H3. The molecule has 0 aliphatic carbocycles. The summed E-state index contributed by atoms with van der Waals surface area (Å²) in [6, 6.07) is 3.45. The van der Waals surface area contributed by atoms with Crippen LogP contribution in [0.5, 0.6) is 51.7 Å². The molecule has 31 heavy (non-hydrogen) atoms. The number of benzene rings is 3. The molecule has 0 heterocycles. The van der Waals surface area contributed by atoms with Gasteiger partial charge < -0.3 is 46.0 Å². The third-order valence-corrected chi connectivity index (χ3v) is 5.58. The van der Waals surface area contributed by atoms with Crippen LogP contribution >= 0.6 is 0 Å². The first-order chi connectivity index (χ1) is 14.4. The monoisotopic (exact) mass is 430 g/mol. The third kappa shape index (κ3) is 3.20. The van der Waals surface area contributed by atoms with Crippen LogP contribution in [0.2, 0.25) is 0 Å². The molecule has 0 unspecified atom stereocenters. The molecule has 0 aromatic heterocycles. The van der Waals surface area contributed by atoms with E-state index in [1.54, 1.807) is 0 Å². The Labute approximate surface area is 176 Å². The molecule has 0 spiro atoms. The summed E-state index contributed by atoms with van der Waals surface area (Å²) in [5.74, 6) is -7.11. The lowest BCUT2D eigenvalue weighted by atomic mass is 9.78. The predicted molar refractivity (Wildman–Crippen MR) is 109 cm³/mol. The lowest BCUT2D eigenvalue weighted by Crippen LogP contribution is -2.09.